The summed E-state index contributed by atoms with van der Waals surface area (Å²) in [5, 5.41) is 3.15. The van der Waals surface area contributed by atoms with E-state index in [0.717, 1.165) is 6.42 Å². The number of carbonyl (C=O) groups excluding carboxylic acids is 1. The van der Waals surface area contributed by atoms with Crippen molar-refractivity contribution in [1.29, 1.82) is 0 Å². The van der Waals surface area contributed by atoms with E-state index in [1.165, 1.54) is 7.11 Å². The average molecular weight is 310 g/mol. The Kier molecular flexibility index (Phi) is 6.46. The molecule has 1 aliphatic heterocycles. The minimum Gasteiger partial charge on any atom is -0.468 e. The third kappa shape index (κ3) is 5.14. The van der Waals surface area contributed by atoms with Gasteiger partial charge in [-0.25, -0.2) is 0 Å². The van der Waals surface area contributed by atoms with Crippen LogP contribution in [0.5, 0.6) is 0 Å². The molecule has 21 heavy (non-hydrogen) atoms. The van der Waals surface area contributed by atoms with Gasteiger partial charge in [0.2, 0.25) is 0 Å². The van der Waals surface area contributed by atoms with Gasteiger partial charge in [0.05, 0.1) is 13.0 Å². The first-order valence-electron chi connectivity index (χ1n) is 7.35. The molecule has 0 aliphatic carbocycles. The summed E-state index contributed by atoms with van der Waals surface area (Å²) in [5.41, 5.74) is -0.879. The molecule has 1 aliphatic rings. The summed E-state index contributed by atoms with van der Waals surface area (Å²) in [4.78, 5) is 13.9. The van der Waals surface area contributed by atoms with Crippen molar-refractivity contribution >= 4 is 5.97 Å². The quantitative estimate of drug-likeness (QED) is 0.764. The van der Waals surface area contributed by atoms with E-state index in [2.05, 4.69) is 5.32 Å². The van der Waals surface area contributed by atoms with Gasteiger partial charge in [-0.3, -0.25) is 4.79 Å². The molecule has 0 saturated carbocycles. The second-order valence-corrected chi connectivity index (χ2v) is 5.84. The van der Waals surface area contributed by atoms with E-state index in [-0.39, 0.29) is 18.8 Å². The molecular weight excluding hydrogens is 285 g/mol. The molecule has 124 valence electrons. The number of nitrogens with zero attached hydrogens (tertiary/aromatic N) is 1. The number of hydrogen-bond acceptors (Lipinski definition) is 4. The molecule has 0 amide bonds. The fourth-order valence-electron chi connectivity index (χ4n) is 2.68. The molecule has 0 aromatic heterocycles. The van der Waals surface area contributed by atoms with Gasteiger partial charge in [-0.2, -0.15) is 13.2 Å². The number of piperidine rings is 1. The summed E-state index contributed by atoms with van der Waals surface area (Å²) in [6.45, 7) is 5.45. The van der Waals surface area contributed by atoms with Crippen LogP contribution in [0.2, 0.25) is 0 Å². The fourth-order valence-corrected chi connectivity index (χ4v) is 2.68. The van der Waals surface area contributed by atoms with Crippen LogP contribution in [0.25, 0.3) is 0 Å². The largest absolute Gasteiger partial charge is 0.468 e. The lowest BCUT2D eigenvalue weighted by atomic mass is 9.94. The minimum atomic E-state index is -4.11. The maximum atomic E-state index is 12.7. The SMILES string of the molecule is CCCNC(C)(CN1CCC(C(F)(F)F)CC1)C(=O)OC. The molecule has 0 aromatic rings. The van der Waals surface area contributed by atoms with Gasteiger partial charge in [0.25, 0.3) is 0 Å². The first-order chi connectivity index (χ1) is 9.73. The molecular formula is C14H25F3N2O2. The highest BCUT2D eigenvalue weighted by Gasteiger charge is 2.43. The summed E-state index contributed by atoms with van der Waals surface area (Å²) in [5.74, 6) is -1.60. The van der Waals surface area contributed by atoms with Crippen molar-refractivity contribution in [2.24, 2.45) is 5.92 Å². The van der Waals surface area contributed by atoms with Crippen LogP contribution in [-0.2, 0) is 9.53 Å². The van der Waals surface area contributed by atoms with Crippen LogP contribution in [0.4, 0.5) is 13.2 Å². The van der Waals surface area contributed by atoms with Crippen molar-refractivity contribution < 1.29 is 22.7 Å². The maximum absolute atomic E-state index is 12.7. The molecule has 1 N–H and O–H groups in total. The topological polar surface area (TPSA) is 41.6 Å². The number of nitrogens with one attached hydrogen (secondary N) is 1. The molecule has 0 aromatic carbocycles. The molecule has 1 atom stereocenters. The molecule has 1 saturated heterocycles. The molecule has 1 unspecified atom stereocenters. The van der Waals surface area contributed by atoms with Crippen molar-refractivity contribution in [2.75, 3.05) is 33.3 Å². The smallest absolute Gasteiger partial charge is 0.391 e. The summed E-state index contributed by atoms with van der Waals surface area (Å²) < 4.78 is 42.8. The van der Waals surface area contributed by atoms with Crippen molar-refractivity contribution in [1.82, 2.24) is 10.2 Å². The van der Waals surface area contributed by atoms with Crippen molar-refractivity contribution in [3.05, 3.63) is 0 Å². The van der Waals surface area contributed by atoms with E-state index < -0.39 is 17.6 Å². The van der Waals surface area contributed by atoms with Gasteiger partial charge in [-0.05, 0) is 45.8 Å². The number of carbonyl (C=O) groups is 1. The van der Waals surface area contributed by atoms with Crippen LogP contribution in [-0.4, -0.2) is 55.9 Å². The standard InChI is InChI=1S/C14H25F3N2O2/c1-4-7-18-13(2,12(20)21-3)10-19-8-5-11(6-9-19)14(15,16)17/h11,18H,4-10H2,1-3H3. The summed E-state index contributed by atoms with van der Waals surface area (Å²) in [6, 6.07) is 0. The number of rotatable bonds is 6. The Balaban J connectivity index is 2.59. The molecule has 7 heteroatoms. The van der Waals surface area contributed by atoms with Gasteiger partial charge in [0, 0.05) is 6.54 Å². The predicted octanol–water partition coefficient (Wildman–Crippen LogP) is 2.19. The van der Waals surface area contributed by atoms with Crippen LogP contribution in [0.1, 0.15) is 33.1 Å². The Morgan fingerprint density at radius 1 is 1.33 bits per heavy atom. The third-order valence-electron chi connectivity index (χ3n) is 3.99. The highest BCUT2D eigenvalue weighted by atomic mass is 19.4. The van der Waals surface area contributed by atoms with Crippen LogP contribution in [0, 0.1) is 5.92 Å². The molecule has 0 bridgehead atoms. The van der Waals surface area contributed by atoms with Crippen molar-refractivity contribution in [2.45, 2.75) is 44.8 Å². The van der Waals surface area contributed by atoms with Gasteiger partial charge in [-0.1, -0.05) is 6.92 Å². The summed E-state index contributed by atoms with van der Waals surface area (Å²) in [7, 11) is 1.32. The zero-order valence-electron chi connectivity index (χ0n) is 12.9. The Labute approximate surface area is 124 Å². The Hall–Kier alpha value is -0.820. The van der Waals surface area contributed by atoms with Gasteiger partial charge in [0.1, 0.15) is 5.54 Å². The molecule has 1 fully saturated rings. The first-order valence-corrected chi connectivity index (χ1v) is 7.35. The lowest BCUT2D eigenvalue weighted by Crippen LogP contribution is -2.58. The lowest BCUT2D eigenvalue weighted by molar-refractivity contribution is -0.185. The van der Waals surface area contributed by atoms with Crippen molar-refractivity contribution in [3.8, 4) is 0 Å². The number of ether oxygens (including phenoxy) is 1. The molecule has 4 nitrogen and oxygen atoms in total. The zero-order chi connectivity index (χ0) is 16.1. The number of alkyl halides is 3. The summed E-state index contributed by atoms with van der Waals surface area (Å²) >= 11 is 0. The molecule has 1 heterocycles. The second-order valence-electron chi connectivity index (χ2n) is 5.84. The number of hydrogen-bond donors (Lipinski definition) is 1. The fraction of sp³-hybridized carbons (Fsp3) is 0.929. The predicted molar refractivity (Wildman–Crippen MR) is 73.9 cm³/mol. The second kappa shape index (κ2) is 7.45. The van der Waals surface area contributed by atoms with Crippen LogP contribution >= 0.6 is 0 Å². The number of likely N-dealkylation sites (tertiary alicyclic amines) is 1. The van der Waals surface area contributed by atoms with E-state index in [0.29, 0.717) is 26.2 Å². The van der Waals surface area contributed by atoms with Crippen LogP contribution < -0.4 is 5.32 Å². The first kappa shape index (κ1) is 18.2. The van der Waals surface area contributed by atoms with Gasteiger partial charge in [-0.15, -0.1) is 0 Å². The number of methoxy groups -OCH3 is 1. The number of esters is 1. The van der Waals surface area contributed by atoms with Crippen molar-refractivity contribution in [3.63, 3.8) is 0 Å². The Morgan fingerprint density at radius 2 is 1.90 bits per heavy atom. The highest BCUT2D eigenvalue weighted by molar-refractivity contribution is 5.80. The van der Waals surface area contributed by atoms with Gasteiger partial charge in [0.15, 0.2) is 0 Å². The number of halogens is 3. The Bertz CT molecular complexity index is 342. The average Bonchev–Trinajstić information content (AvgIpc) is 2.43. The Morgan fingerprint density at radius 3 is 2.33 bits per heavy atom. The lowest BCUT2D eigenvalue weighted by Gasteiger charge is -2.38. The van der Waals surface area contributed by atoms with E-state index in [4.69, 9.17) is 4.74 Å². The van der Waals surface area contributed by atoms with Gasteiger partial charge >= 0.3 is 12.1 Å². The maximum Gasteiger partial charge on any atom is 0.391 e. The molecule has 0 radical (unpaired) electrons. The monoisotopic (exact) mass is 310 g/mol. The summed E-state index contributed by atoms with van der Waals surface area (Å²) in [6.07, 6.45) is -3.07. The molecule has 0 spiro atoms. The third-order valence-corrected chi connectivity index (χ3v) is 3.99. The van der Waals surface area contributed by atoms with E-state index in [9.17, 15) is 18.0 Å². The molecule has 1 rings (SSSR count). The van der Waals surface area contributed by atoms with E-state index in [1.807, 2.05) is 11.8 Å². The van der Waals surface area contributed by atoms with Crippen LogP contribution in [0.3, 0.4) is 0 Å². The zero-order valence-corrected chi connectivity index (χ0v) is 12.9. The van der Waals surface area contributed by atoms with E-state index in [1.54, 1.807) is 6.92 Å². The highest BCUT2D eigenvalue weighted by Crippen LogP contribution is 2.34. The minimum absolute atomic E-state index is 0.0918. The van der Waals surface area contributed by atoms with E-state index >= 15 is 0 Å². The van der Waals surface area contributed by atoms with Gasteiger partial charge < -0.3 is 15.0 Å². The van der Waals surface area contributed by atoms with Crippen LogP contribution in [0.15, 0.2) is 0 Å². The normalized spacial score (nSPS) is 21.0.